The highest BCUT2D eigenvalue weighted by molar-refractivity contribution is 7.26. The Hall–Kier alpha value is -6.36. The van der Waals surface area contributed by atoms with E-state index >= 15 is 0 Å². The molecule has 3 aromatic heterocycles. The lowest BCUT2D eigenvalue weighted by atomic mass is 9.85. The molecule has 0 aliphatic rings. The molecular formula is C49H34N2OS. The summed E-state index contributed by atoms with van der Waals surface area (Å²) in [5, 5.41) is 4.83. The molecule has 7 aromatic carbocycles. The van der Waals surface area contributed by atoms with Crippen LogP contribution >= 0.6 is 11.3 Å². The lowest BCUT2D eigenvalue weighted by molar-refractivity contribution is 0.666. The summed E-state index contributed by atoms with van der Waals surface area (Å²) in [6.45, 7) is 0. The molecule has 3 nitrogen and oxygen atoms in total. The van der Waals surface area contributed by atoms with Gasteiger partial charge in [-0.2, -0.15) is 0 Å². The summed E-state index contributed by atoms with van der Waals surface area (Å²) in [6, 6.07) is 62.3. The highest BCUT2D eigenvalue weighted by Crippen LogP contribution is 2.43. The van der Waals surface area contributed by atoms with Crippen molar-refractivity contribution in [1.82, 2.24) is 9.97 Å². The lowest BCUT2D eigenvalue weighted by Gasteiger charge is -2.19. The average molecular weight is 699 g/mol. The highest BCUT2D eigenvalue weighted by atomic mass is 32.1. The van der Waals surface area contributed by atoms with E-state index < -0.39 is 0 Å². The van der Waals surface area contributed by atoms with Gasteiger partial charge in [0.25, 0.3) is 0 Å². The minimum absolute atomic E-state index is 0.219. The van der Waals surface area contributed by atoms with Crippen LogP contribution in [0.5, 0.6) is 0 Å². The van der Waals surface area contributed by atoms with Crippen LogP contribution in [0.3, 0.4) is 0 Å². The Bertz CT molecular complexity index is 2840. The summed E-state index contributed by atoms with van der Waals surface area (Å²) >= 11 is 1.91. The first-order valence-corrected chi connectivity index (χ1v) is 19.0. The van der Waals surface area contributed by atoms with Crippen molar-refractivity contribution in [1.29, 1.82) is 0 Å². The first-order chi connectivity index (χ1) is 26.3. The first kappa shape index (κ1) is 31.4. The molecule has 1 unspecified atom stereocenters. The van der Waals surface area contributed by atoms with Crippen LogP contribution in [0.4, 0.5) is 0 Å². The second-order valence-electron chi connectivity index (χ2n) is 13.6. The number of fused-ring (bicyclic) bond motifs is 6. The van der Waals surface area contributed by atoms with Crippen molar-refractivity contribution in [3.8, 4) is 33.9 Å². The molecule has 0 aliphatic heterocycles. The SMILES string of the molecule is c1ccc(-c2cc(-c3cc(CCC(c4ccccc4)c4cccc5c4sc4ccccc45)cc4oc5ccccc5c34)nc(-c3ccccc3)n2)cc1. The molecule has 0 aliphatic carbocycles. The summed E-state index contributed by atoms with van der Waals surface area (Å²) < 4.78 is 9.31. The van der Waals surface area contributed by atoms with Crippen LogP contribution in [0.2, 0.25) is 0 Å². The quantitative estimate of drug-likeness (QED) is 0.159. The van der Waals surface area contributed by atoms with E-state index in [-0.39, 0.29) is 5.92 Å². The second kappa shape index (κ2) is 13.3. The highest BCUT2D eigenvalue weighted by Gasteiger charge is 2.22. The number of aromatic nitrogens is 2. The monoisotopic (exact) mass is 698 g/mol. The number of para-hydroxylation sites is 1. The Morgan fingerprint density at radius 1 is 0.528 bits per heavy atom. The normalized spacial score (nSPS) is 12.2. The van der Waals surface area contributed by atoms with Gasteiger partial charge in [0.05, 0.1) is 11.4 Å². The Balaban J connectivity index is 1.13. The number of rotatable bonds is 8. The van der Waals surface area contributed by atoms with E-state index in [1.54, 1.807) is 0 Å². The van der Waals surface area contributed by atoms with Crippen LogP contribution < -0.4 is 0 Å². The lowest BCUT2D eigenvalue weighted by Crippen LogP contribution is -2.04. The number of benzene rings is 7. The molecule has 0 saturated heterocycles. The molecular weight excluding hydrogens is 665 g/mol. The van der Waals surface area contributed by atoms with Gasteiger partial charge < -0.3 is 4.42 Å². The van der Waals surface area contributed by atoms with E-state index in [2.05, 4.69) is 146 Å². The number of furan rings is 1. The van der Waals surface area contributed by atoms with Gasteiger partial charge in [-0.3, -0.25) is 0 Å². The van der Waals surface area contributed by atoms with Gasteiger partial charge in [-0.1, -0.05) is 146 Å². The van der Waals surface area contributed by atoms with E-state index in [1.165, 1.54) is 36.9 Å². The van der Waals surface area contributed by atoms with Crippen molar-refractivity contribution in [2.75, 3.05) is 0 Å². The zero-order valence-electron chi connectivity index (χ0n) is 28.9. The van der Waals surface area contributed by atoms with Crippen LogP contribution in [0, 0.1) is 0 Å². The standard InChI is InChI=1S/C49H34N2OS/c1-4-15-33(16-5-1)36(38-23-14-24-39-37-21-11-13-26-46(37)53-48(38)39)28-27-32-29-41(47-40-22-10-12-25-44(40)52-45(47)30-32)43-31-42(34-17-6-2-7-18-34)50-49(51-43)35-19-8-3-9-20-35/h1-26,29-31,36H,27-28H2. The zero-order chi connectivity index (χ0) is 35.1. The topological polar surface area (TPSA) is 38.9 Å². The summed E-state index contributed by atoms with van der Waals surface area (Å²) in [5.41, 5.74) is 10.6. The van der Waals surface area contributed by atoms with Gasteiger partial charge in [-0.25, -0.2) is 9.97 Å². The third kappa shape index (κ3) is 5.78. The van der Waals surface area contributed by atoms with Crippen molar-refractivity contribution in [2.45, 2.75) is 18.8 Å². The van der Waals surface area contributed by atoms with Gasteiger partial charge in [-0.15, -0.1) is 11.3 Å². The van der Waals surface area contributed by atoms with Crippen LogP contribution in [-0.2, 0) is 6.42 Å². The minimum Gasteiger partial charge on any atom is -0.456 e. The van der Waals surface area contributed by atoms with Gasteiger partial charge in [0.15, 0.2) is 5.82 Å². The molecule has 0 bridgehead atoms. The third-order valence-electron chi connectivity index (χ3n) is 10.4. The zero-order valence-corrected chi connectivity index (χ0v) is 29.8. The minimum atomic E-state index is 0.219. The molecule has 0 N–H and O–H groups in total. The molecule has 53 heavy (non-hydrogen) atoms. The Labute approximate surface area is 311 Å². The van der Waals surface area contributed by atoms with Crippen LogP contribution in [0.25, 0.3) is 76.0 Å². The van der Waals surface area contributed by atoms with Crippen molar-refractivity contribution in [2.24, 2.45) is 0 Å². The van der Waals surface area contributed by atoms with E-state index in [9.17, 15) is 0 Å². The van der Waals surface area contributed by atoms with E-state index in [0.717, 1.165) is 62.9 Å². The van der Waals surface area contributed by atoms with E-state index in [1.807, 2.05) is 41.7 Å². The van der Waals surface area contributed by atoms with Crippen molar-refractivity contribution >= 4 is 53.4 Å². The summed E-state index contributed by atoms with van der Waals surface area (Å²) in [5.74, 6) is 0.921. The molecule has 3 heterocycles. The van der Waals surface area contributed by atoms with E-state index in [0.29, 0.717) is 5.82 Å². The maximum absolute atomic E-state index is 6.61. The molecule has 0 radical (unpaired) electrons. The number of hydrogen-bond donors (Lipinski definition) is 0. The largest absolute Gasteiger partial charge is 0.456 e. The van der Waals surface area contributed by atoms with Gasteiger partial charge >= 0.3 is 0 Å². The fourth-order valence-corrected chi connectivity index (χ4v) is 9.13. The van der Waals surface area contributed by atoms with Gasteiger partial charge in [0.1, 0.15) is 11.2 Å². The predicted molar refractivity (Wildman–Crippen MR) is 222 cm³/mol. The Morgan fingerprint density at radius 3 is 2.00 bits per heavy atom. The van der Waals surface area contributed by atoms with Crippen LogP contribution in [0.1, 0.15) is 29.0 Å². The number of thiophene rings is 1. The first-order valence-electron chi connectivity index (χ1n) is 18.2. The van der Waals surface area contributed by atoms with Crippen molar-refractivity contribution in [3.63, 3.8) is 0 Å². The van der Waals surface area contributed by atoms with Gasteiger partial charge in [-0.05, 0) is 59.9 Å². The van der Waals surface area contributed by atoms with Crippen molar-refractivity contribution < 1.29 is 4.42 Å². The smallest absolute Gasteiger partial charge is 0.160 e. The molecule has 10 aromatic rings. The second-order valence-corrected chi connectivity index (χ2v) is 14.7. The van der Waals surface area contributed by atoms with Crippen LogP contribution in [0.15, 0.2) is 180 Å². The number of nitrogens with zero attached hydrogens (tertiary/aromatic N) is 2. The molecule has 0 fully saturated rings. The van der Waals surface area contributed by atoms with Crippen LogP contribution in [-0.4, -0.2) is 9.97 Å². The fourth-order valence-electron chi connectivity index (χ4n) is 7.86. The molecule has 1 atom stereocenters. The maximum atomic E-state index is 6.61. The van der Waals surface area contributed by atoms with Gasteiger partial charge in [0.2, 0.25) is 0 Å². The molecule has 0 spiro atoms. The maximum Gasteiger partial charge on any atom is 0.160 e. The molecule has 4 heteroatoms. The molecule has 252 valence electrons. The predicted octanol–water partition coefficient (Wildman–Crippen LogP) is 13.5. The number of hydrogen-bond acceptors (Lipinski definition) is 4. The summed E-state index contributed by atoms with van der Waals surface area (Å²) in [6.07, 6.45) is 1.81. The molecule has 10 rings (SSSR count). The third-order valence-corrected chi connectivity index (χ3v) is 11.6. The molecule has 0 saturated carbocycles. The number of aryl methyl sites for hydroxylation is 1. The molecule has 0 amide bonds. The summed E-state index contributed by atoms with van der Waals surface area (Å²) in [4.78, 5) is 10.4. The average Bonchev–Trinajstić information content (AvgIpc) is 3.80. The fraction of sp³-hybridized carbons (Fsp3) is 0.0612. The van der Waals surface area contributed by atoms with Gasteiger partial charge in [0, 0.05) is 53.6 Å². The Morgan fingerprint density at radius 2 is 1.19 bits per heavy atom. The summed E-state index contributed by atoms with van der Waals surface area (Å²) in [7, 11) is 0. The Kier molecular flexibility index (Phi) is 7.89. The van der Waals surface area contributed by atoms with E-state index in [4.69, 9.17) is 14.4 Å². The van der Waals surface area contributed by atoms with Crippen molar-refractivity contribution in [3.05, 3.63) is 193 Å².